The van der Waals surface area contributed by atoms with E-state index in [9.17, 15) is 0 Å². The van der Waals surface area contributed by atoms with Gasteiger partial charge in [-0.25, -0.2) is 0 Å². The van der Waals surface area contributed by atoms with Crippen LogP contribution in [0.3, 0.4) is 0 Å². The molecule has 0 spiro atoms. The average Bonchev–Trinajstić information content (AvgIpc) is 2.47. The minimum Gasteiger partial charge on any atom is -0.371 e. The van der Waals surface area contributed by atoms with E-state index in [1.54, 1.807) is 0 Å². The molecule has 1 aliphatic rings. The molecule has 1 saturated heterocycles. The zero-order valence-corrected chi connectivity index (χ0v) is 14.5. The van der Waals surface area contributed by atoms with Crippen LogP contribution >= 0.6 is 15.9 Å². The summed E-state index contributed by atoms with van der Waals surface area (Å²) in [5.74, 6) is 0. The van der Waals surface area contributed by atoms with E-state index in [1.807, 2.05) is 0 Å². The molecule has 3 heteroatoms. The number of rotatable bonds is 4. The molecule has 0 amide bonds. The molecule has 0 saturated carbocycles. The maximum Gasteiger partial charge on any atom is 0.0425 e. The predicted octanol–water partition coefficient (Wildman–Crippen LogP) is 4.88. The molecular formula is C17H27BrN2. The van der Waals surface area contributed by atoms with Gasteiger partial charge in [0.05, 0.1) is 0 Å². The van der Waals surface area contributed by atoms with Crippen LogP contribution in [0.5, 0.6) is 0 Å². The quantitative estimate of drug-likeness (QED) is 0.847. The van der Waals surface area contributed by atoms with Gasteiger partial charge < -0.3 is 10.6 Å². The Morgan fingerprint density at radius 2 is 1.85 bits per heavy atom. The van der Waals surface area contributed by atoms with Crippen LogP contribution in [0.4, 0.5) is 5.69 Å². The monoisotopic (exact) mass is 338 g/mol. The first-order chi connectivity index (χ1) is 9.51. The van der Waals surface area contributed by atoms with E-state index in [2.05, 4.69) is 59.8 Å². The fourth-order valence-corrected chi connectivity index (χ4v) is 3.70. The van der Waals surface area contributed by atoms with Gasteiger partial charge >= 0.3 is 0 Å². The van der Waals surface area contributed by atoms with Crippen LogP contribution in [-0.4, -0.2) is 13.1 Å². The number of piperidine rings is 1. The summed E-state index contributed by atoms with van der Waals surface area (Å²) in [6, 6.07) is 6.56. The Morgan fingerprint density at radius 1 is 1.25 bits per heavy atom. The van der Waals surface area contributed by atoms with E-state index in [0.717, 1.165) is 17.6 Å². The van der Waals surface area contributed by atoms with E-state index < -0.39 is 0 Å². The Morgan fingerprint density at radius 3 is 2.35 bits per heavy atom. The minimum absolute atomic E-state index is 0.0853. The second-order valence-corrected chi connectivity index (χ2v) is 7.10. The summed E-state index contributed by atoms with van der Waals surface area (Å²) in [5.41, 5.74) is 9.27. The van der Waals surface area contributed by atoms with Crippen LogP contribution in [0.2, 0.25) is 0 Å². The summed E-state index contributed by atoms with van der Waals surface area (Å²) in [6.45, 7) is 9.05. The van der Waals surface area contributed by atoms with E-state index in [-0.39, 0.29) is 6.04 Å². The molecule has 20 heavy (non-hydrogen) atoms. The molecule has 0 bridgehead atoms. The van der Waals surface area contributed by atoms with Gasteiger partial charge in [-0.3, -0.25) is 0 Å². The Labute approximate surface area is 131 Å². The third-order valence-electron chi connectivity index (χ3n) is 5.15. The highest BCUT2D eigenvalue weighted by molar-refractivity contribution is 9.10. The van der Waals surface area contributed by atoms with Crippen LogP contribution in [0.15, 0.2) is 22.7 Å². The molecule has 1 aromatic carbocycles. The number of nitrogens with zero attached hydrogens (tertiary/aromatic N) is 1. The molecule has 2 nitrogen and oxygen atoms in total. The van der Waals surface area contributed by atoms with Crippen molar-refractivity contribution in [2.45, 2.75) is 52.5 Å². The standard InChI is InChI=1S/C17H27BrN2/c1-4-17(5-2)8-10-20(11-9-17)16-12-14(18)6-7-15(16)13(3)19/h6-7,12-13H,4-5,8-11,19H2,1-3H3. The molecule has 1 unspecified atom stereocenters. The zero-order valence-electron chi connectivity index (χ0n) is 13.0. The predicted molar refractivity (Wildman–Crippen MR) is 91.2 cm³/mol. The first-order valence-corrected chi connectivity index (χ1v) is 8.60. The minimum atomic E-state index is 0.0853. The molecule has 0 radical (unpaired) electrons. The highest BCUT2D eigenvalue weighted by atomic mass is 79.9. The number of nitrogens with two attached hydrogens (primary N) is 1. The van der Waals surface area contributed by atoms with Crippen LogP contribution in [0.1, 0.15) is 58.1 Å². The van der Waals surface area contributed by atoms with Gasteiger partial charge in [0.1, 0.15) is 0 Å². The first kappa shape index (κ1) is 15.8. The SMILES string of the molecule is CCC1(CC)CCN(c2cc(Br)ccc2C(C)N)CC1. The van der Waals surface area contributed by atoms with Crippen molar-refractivity contribution >= 4 is 21.6 Å². The van der Waals surface area contributed by atoms with Crippen molar-refractivity contribution in [1.29, 1.82) is 0 Å². The molecule has 1 aromatic rings. The van der Waals surface area contributed by atoms with Crippen LogP contribution in [0, 0.1) is 5.41 Å². The summed E-state index contributed by atoms with van der Waals surface area (Å²) in [4.78, 5) is 2.52. The van der Waals surface area contributed by atoms with Crippen molar-refractivity contribution in [1.82, 2.24) is 0 Å². The largest absolute Gasteiger partial charge is 0.371 e. The van der Waals surface area contributed by atoms with Gasteiger partial charge in [-0.1, -0.05) is 48.7 Å². The van der Waals surface area contributed by atoms with Crippen molar-refractivity contribution in [2.75, 3.05) is 18.0 Å². The molecule has 0 aliphatic carbocycles. The van der Waals surface area contributed by atoms with Gasteiger partial charge in [-0.15, -0.1) is 0 Å². The van der Waals surface area contributed by atoms with Gasteiger partial charge in [-0.05, 0) is 42.9 Å². The van der Waals surface area contributed by atoms with Crippen molar-refractivity contribution in [3.63, 3.8) is 0 Å². The van der Waals surface area contributed by atoms with Gasteiger partial charge in [0.2, 0.25) is 0 Å². The molecule has 1 fully saturated rings. The maximum atomic E-state index is 6.13. The van der Waals surface area contributed by atoms with Crippen molar-refractivity contribution in [3.05, 3.63) is 28.2 Å². The first-order valence-electron chi connectivity index (χ1n) is 7.81. The molecule has 1 aliphatic heterocycles. The lowest BCUT2D eigenvalue weighted by atomic mass is 9.74. The van der Waals surface area contributed by atoms with Crippen molar-refractivity contribution < 1.29 is 0 Å². The van der Waals surface area contributed by atoms with E-state index >= 15 is 0 Å². The number of benzene rings is 1. The number of hydrogen-bond donors (Lipinski definition) is 1. The molecule has 112 valence electrons. The molecular weight excluding hydrogens is 312 g/mol. The summed E-state index contributed by atoms with van der Waals surface area (Å²) < 4.78 is 1.14. The number of halogens is 1. The summed E-state index contributed by atoms with van der Waals surface area (Å²) in [7, 11) is 0. The van der Waals surface area contributed by atoms with Crippen LogP contribution in [0.25, 0.3) is 0 Å². The van der Waals surface area contributed by atoms with Gasteiger partial charge in [-0.2, -0.15) is 0 Å². The second-order valence-electron chi connectivity index (χ2n) is 6.19. The summed E-state index contributed by atoms with van der Waals surface area (Å²) in [5, 5.41) is 0. The van der Waals surface area contributed by atoms with Gasteiger partial charge in [0.25, 0.3) is 0 Å². The number of hydrogen-bond acceptors (Lipinski definition) is 2. The van der Waals surface area contributed by atoms with E-state index in [0.29, 0.717) is 5.41 Å². The Kier molecular flexibility index (Phi) is 5.14. The molecule has 1 atom stereocenters. The van der Waals surface area contributed by atoms with Crippen molar-refractivity contribution in [2.24, 2.45) is 11.1 Å². The third-order valence-corrected chi connectivity index (χ3v) is 5.64. The smallest absolute Gasteiger partial charge is 0.0425 e. The fraction of sp³-hybridized carbons (Fsp3) is 0.647. The highest BCUT2D eigenvalue weighted by Gasteiger charge is 2.32. The van der Waals surface area contributed by atoms with Crippen LogP contribution < -0.4 is 10.6 Å². The Hall–Kier alpha value is -0.540. The Bertz CT molecular complexity index is 442. The Balaban J connectivity index is 2.20. The molecule has 2 N–H and O–H groups in total. The average molecular weight is 339 g/mol. The van der Waals surface area contributed by atoms with Crippen molar-refractivity contribution in [3.8, 4) is 0 Å². The zero-order chi connectivity index (χ0) is 14.8. The normalized spacial score (nSPS) is 19.9. The molecule has 1 heterocycles. The van der Waals surface area contributed by atoms with E-state index in [1.165, 1.54) is 36.9 Å². The number of anilines is 1. The maximum absolute atomic E-state index is 6.13. The summed E-state index contributed by atoms with van der Waals surface area (Å²) in [6.07, 6.45) is 5.20. The topological polar surface area (TPSA) is 29.3 Å². The lowest BCUT2D eigenvalue weighted by Crippen LogP contribution is -2.40. The van der Waals surface area contributed by atoms with E-state index in [4.69, 9.17) is 5.73 Å². The fourth-order valence-electron chi connectivity index (χ4n) is 3.35. The lowest BCUT2D eigenvalue weighted by molar-refractivity contribution is 0.199. The van der Waals surface area contributed by atoms with Crippen LogP contribution in [-0.2, 0) is 0 Å². The lowest BCUT2D eigenvalue weighted by Gasteiger charge is -2.42. The van der Waals surface area contributed by atoms with Gasteiger partial charge in [0, 0.05) is 29.3 Å². The molecule has 2 rings (SSSR count). The van der Waals surface area contributed by atoms with Gasteiger partial charge in [0.15, 0.2) is 0 Å². The molecule has 0 aromatic heterocycles. The second kappa shape index (κ2) is 6.48. The summed E-state index contributed by atoms with van der Waals surface area (Å²) >= 11 is 3.59. The third kappa shape index (κ3) is 3.20. The highest BCUT2D eigenvalue weighted by Crippen LogP contribution is 2.40.